The fourth-order valence-corrected chi connectivity index (χ4v) is 5.81. The number of hydrogen-bond donors (Lipinski definition) is 4. The van der Waals surface area contributed by atoms with Gasteiger partial charge in [0, 0.05) is 18.4 Å². The van der Waals surface area contributed by atoms with Crippen LogP contribution in [0.4, 0.5) is 5.69 Å². The maximum Gasteiger partial charge on any atom is 0.364 e. The number of benzene rings is 2. The topological polar surface area (TPSA) is 170 Å². The van der Waals surface area contributed by atoms with Crippen molar-refractivity contribution in [1.29, 1.82) is 0 Å². The lowest BCUT2D eigenvalue weighted by molar-refractivity contribution is -0.305. The number of ether oxygens (including phenoxy) is 4. The van der Waals surface area contributed by atoms with Gasteiger partial charge in [0.15, 0.2) is 23.6 Å². The van der Waals surface area contributed by atoms with Gasteiger partial charge in [-0.25, -0.2) is 9.59 Å². The number of fused-ring (bicyclic) bond motifs is 1. The minimum Gasteiger partial charge on any atom is -0.505 e. The summed E-state index contributed by atoms with van der Waals surface area (Å²) in [4.78, 5) is 41.6. The van der Waals surface area contributed by atoms with E-state index in [2.05, 4.69) is 10.3 Å². The maximum atomic E-state index is 12.9. The van der Waals surface area contributed by atoms with Crippen LogP contribution in [-0.2, 0) is 14.2 Å². The normalized spacial score (nSPS) is 21.0. The lowest BCUT2D eigenvalue weighted by Crippen LogP contribution is -2.65. The van der Waals surface area contributed by atoms with E-state index in [0.29, 0.717) is 0 Å². The van der Waals surface area contributed by atoms with Crippen LogP contribution in [0.2, 0.25) is 10.0 Å². The monoisotopic (exact) mass is 660 g/mol. The molecule has 4 N–H and O–H groups in total. The molecule has 14 heteroatoms. The van der Waals surface area contributed by atoms with Gasteiger partial charge in [0.05, 0.1) is 26.6 Å². The molecule has 4 aromatic rings. The summed E-state index contributed by atoms with van der Waals surface area (Å²) in [5, 5.41) is 24.7. The Bertz CT molecular complexity index is 1830. The second-order valence-electron chi connectivity index (χ2n) is 11.0. The van der Waals surface area contributed by atoms with Crippen molar-refractivity contribution in [3.8, 4) is 11.5 Å². The van der Waals surface area contributed by atoms with E-state index in [-0.39, 0.29) is 43.6 Å². The molecule has 0 aliphatic carbocycles. The molecule has 0 spiro atoms. The fraction of sp³-hybridized carbons (Fsp3) is 0.323. The van der Waals surface area contributed by atoms with Gasteiger partial charge in [-0.05, 0) is 64.1 Å². The molecule has 5 rings (SSSR count). The van der Waals surface area contributed by atoms with Gasteiger partial charge in [0.2, 0.25) is 6.29 Å². The molecule has 1 amide bonds. The van der Waals surface area contributed by atoms with Gasteiger partial charge in [-0.3, -0.25) is 4.79 Å². The first-order chi connectivity index (χ1) is 21.2. The van der Waals surface area contributed by atoms with Crippen molar-refractivity contribution in [3.05, 3.63) is 85.4 Å². The summed E-state index contributed by atoms with van der Waals surface area (Å²) < 4.78 is 28.8. The Labute approximate surface area is 266 Å². The Hall–Kier alpha value is -4.07. The summed E-state index contributed by atoms with van der Waals surface area (Å²) in [6.45, 7) is 6.73. The fourth-order valence-electron chi connectivity index (χ4n) is 5.24. The zero-order chi connectivity index (χ0) is 32.8. The minimum atomic E-state index is -1.51. The molecule has 0 saturated carbocycles. The number of aromatic hydroxyl groups is 1. The Balaban J connectivity index is 1.43. The largest absolute Gasteiger partial charge is 0.505 e. The third kappa shape index (κ3) is 6.11. The summed E-state index contributed by atoms with van der Waals surface area (Å²) in [5.41, 5.74) is -1.58. The summed E-state index contributed by atoms with van der Waals surface area (Å²) in [6.07, 6.45) is -4.92. The second kappa shape index (κ2) is 12.4. The highest BCUT2D eigenvalue weighted by molar-refractivity contribution is 6.40. The molecular formula is C31H30Cl2N2O10. The number of aliphatic hydroxyl groups is 1. The van der Waals surface area contributed by atoms with Crippen molar-refractivity contribution in [2.45, 2.75) is 57.9 Å². The van der Waals surface area contributed by atoms with Crippen LogP contribution in [0.15, 0.2) is 51.7 Å². The number of anilines is 1. The summed E-state index contributed by atoms with van der Waals surface area (Å²) in [5.74, 6) is -1.96. The van der Waals surface area contributed by atoms with E-state index in [0.717, 1.165) is 5.69 Å². The number of halogens is 2. The Morgan fingerprint density at radius 2 is 1.76 bits per heavy atom. The first-order valence-corrected chi connectivity index (χ1v) is 14.5. The van der Waals surface area contributed by atoms with Crippen LogP contribution in [0, 0.1) is 13.8 Å². The average molecular weight is 661 g/mol. The Morgan fingerprint density at radius 3 is 2.38 bits per heavy atom. The molecule has 3 heterocycles. The zero-order valence-corrected chi connectivity index (χ0v) is 26.3. The molecular weight excluding hydrogens is 631 g/mol. The van der Waals surface area contributed by atoms with Crippen LogP contribution in [0.5, 0.6) is 11.5 Å². The molecule has 1 aliphatic rings. The molecule has 2 aromatic heterocycles. The average Bonchev–Trinajstić information content (AvgIpc) is 3.41. The molecule has 238 valence electrons. The molecule has 12 nitrogen and oxygen atoms in total. The van der Waals surface area contributed by atoms with Gasteiger partial charge in [-0.1, -0.05) is 29.3 Å². The molecule has 1 aliphatic heterocycles. The van der Waals surface area contributed by atoms with Gasteiger partial charge >= 0.3 is 11.6 Å². The van der Waals surface area contributed by atoms with Crippen LogP contribution in [0.25, 0.3) is 11.0 Å². The van der Waals surface area contributed by atoms with E-state index in [1.807, 2.05) is 0 Å². The molecule has 2 aromatic carbocycles. The van der Waals surface area contributed by atoms with Gasteiger partial charge in [-0.15, -0.1) is 0 Å². The van der Waals surface area contributed by atoms with Crippen molar-refractivity contribution in [2.75, 3.05) is 12.4 Å². The summed E-state index contributed by atoms with van der Waals surface area (Å²) >= 11 is 12.2. The van der Waals surface area contributed by atoms with Crippen molar-refractivity contribution in [1.82, 2.24) is 4.98 Å². The number of hydrogen-bond acceptors (Lipinski definition) is 10. The first-order valence-electron chi connectivity index (χ1n) is 13.7. The minimum absolute atomic E-state index is 0.0471. The third-order valence-electron chi connectivity index (χ3n) is 7.49. The molecule has 0 radical (unpaired) electrons. The highest BCUT2D eigenvalue weighted by atomic mass is 35.5. The molecule has 1 saturated heterocycles. The molecule has 45 heavy (non-hydrogen) atoms. The van der Waals surface area contributed by atoms with Gasteiger partial charge in [0.1, 0.15) is 23.1 Å². The molecule has 0 bridgehead atoms. The van der Waals surface area contributed by atoms with Crippen LogP contribution in [0.1, 0.15) is 46.0 Å². The van der Waals surface area contributed by atoms with Crippen LogP contribution < -0.4 is 15.7 Å². The van der Waals surface area contributed by atoms with E-state index in [1.54, 1.807) is 45.9 Å². The summed E-state index contributed by atoms with van der Waals surface area (Å²) in [7, 11) is 1.41. The smallest absolute Gasteiger partial charge is 0.364 e. The zero-order valence-electron chi connectivity index (χ0n) is 24.8. The number of nitrogens with one attached hydrogen (secondary N) is 2. The van der Waals surface area contributed by atoms with Crippen LogP contribution in [-0.4, -0.2) is 64.4 Å². The van der Waals surface area contributed by atoms with E-state index in [4.69, 9.17) is 46.6 Å². The second-order valence-corrected chi connectivity index (χ2v) is 11.8. The highest BCUT2D eigenvalue weighted by Crippen LogP contribution is 2.39. The first kappa shape index (κ1) is 32.3. The lowest BCUT2D eigenvalue weighted by Gasteiger charge is -2.47. The number of amides is 1. The predicted octanol–water partition coefficient (Wildman–Crippen LogP) is 5.12. The van der Waals surface area contributed by atoms with Gasteiger partial charge in [0.25, 0.3) is 5.91 Å². The van der Waals surface area contributed by atoms with Crippen molar-refractivity contribution >= 4 is 51.7 Å². The van der Waals surface area contributed by atoms with Crippen molar-refractivity contribution in [2.24, 2.45) is 0 Å². The van der Waals surface area contributed by atoms with Crippen molar-refractivity contribution in [3.63, 3.8) is 0 Å². The number of aromatic amines is 1. The number of aliphatic hydroxyl groups excluding tert-OH is 1. The molecule has 1 fully saturated rings. The SMILES string of the molecule is CO[C@@H]1[C@@H](OC(=O)c2ccc(C)[nH]2)[C@@H](O)[C@H](Oc2ccc3c(O)c(NC(=O)c4c(Cl)cccc4Cl)c(=O)oc3c2C)OC1(C)C. The number of H-pyrrole nitrogens is 1. The predicted molar refractivity (Wildman–Crippen MR) is 164 cm³/mol. The maximum absolute atomic E-state index is 12.9. The Kier molecular flexibility index (Phi) is 8.89. The number of methoxy groups -OCH3 is 1. The van der Waals surface area contributed by atoms with Crippen molar-refractivity contribution < 1.29 is 43.2 Å². The molecule has 0 unspecified atom stereocenters. The van der Waals surface area contributed by atoms with E-state index in [9.17, 15) is 24.6 Å². The number of esters is 1. The number of carbonyl (C=O) groups is 2. The lowest BCUT2D eigenvalue weighted by atomic mass is 9.89. The number of aromatic nitrogens is 1. The number of rotatable bonds is 7. The number of carbonyl (C=O) groups excluding carboxylic acids is 2. The molecule has 4 atom stereocenters. The van der Waals surface area contributed by atoms with Crippen LogP contribution in [0.3, 0.4) is 0 Å². The highest BCUT2D eigenvalue weighted by Gasteiger charge is 2.53. The van der Waals surface area contributed by atoms with Crippen LogP contribution >= 0.6 is 23.2 Å². The standard InChI is InChI=1S/C31H30Cl2N2O10/c1-13-9-11-18(34-13)28(39)44-25-23(37)30(45-31(3,4)26(25)41-5)42-19-12-10-15-22(36)21(29(40)43-24(15)14(19)2)35-27(38)20-16(32)7-6-8-17(20)33/h6-12,23,25-26,30,34,36-37H,1-5H3,(H,35,38)/t23-,25+,26-,30-/m1/s1. The quantitative estimate of drug-likeness (QED) is 0.154. The van der Waals surface area contributed by atoms with Gasteiger partial charge < -0.3 is 43.9 Å². The summed E-state index contributed by atoms with van der Waals surface area (Å²) in [6, 6.07) is 10.6. The van der Waals surface area contributed by atoms with E-state index in [1.165, 1.54) is 31.4 Å². The van der Waals surface area contributed by atoms with E-state index < -0.39 is 59.1 Å². The van der Waals surface area contributed by atoms with Gasteiger partial charge in [-0.2, -0.15) is 0 Å². The third-order valence-corrected chi connectivity index (χ3v) is 8.12. The number of aryl methyl sites for hydroxylation is 2. The Morgan fingerprint density at radius 1 is 1.07 bits per heavy atom. The van der Waals surface area contributed by atoms with E-state index >= 15 is 0 Å².